The van der Waals surface area contributed by atoms with Crippen molar-refractivity contribution in [3.05, 3.63) is 59.7 Å². The number of hydrogen-bond acceptors (Lipinski definition) is 2. The molecule has 3 aromatic heterocycles. The molecule has 0 radical (unpaired) electrons. The van der Waals surface area contributed by atoms with Crippen LogP contribution in [-0.2, 0) is 10.8 Å². The third-order valence-corrected chi connectivity index (χ3v) is 18.4. The number of thiophene rings is 2. The molecular formula is C29H35NS2Sn. The van der Waals surface area contributed by atoms with Crippen LogP contribution in [-0.4, -0.2) is 22.9 Å². The van der Waals surface area contributed by atoms with Crippen LogP contribution in [0.25, 0.3) is 36.2 Å². The third kappa shape index (κ3) is 4.08. The standard InChI is InChI=1S/C26H26NS2.3CH3.Sn/c1-25(2,3)16-7-9-20-18(13-16)19-14-17(26(4,5)6)8-10-21(19)27(20)24-15-23-22(29-24)11-12-28-23;;;;/h7-11,13-15H,1-6H3;3*1H3;. The molecule has 5 aromatic rings. The van der Waals surface area contributed by atoms with Crippen LogP contribution in [0.4, 0.5) is 0 Å². The molecule has 0 spiro atoms. The Morgan fingerprint density at radius 3 is 1.55 bits per heavy atom. The van der Waals surface area contributed by atoms with E-state index < -0.39 is 18.4 Å². The van der Waals surface area contributed by atoms with E-state index in [1.807, 2.05) is 22.7 Å². The number of rotatable bonds is 2. The topological polar surface area (TPSA) is 4.93 Å². The second-order valence-corrected chi connectivity index (χ2v) is 30.0. The number of hydrogen-bond donors (Lipinski definition) is 0. The molecule has 0 aliphatic rings. The summed E-state index contributed by atoms with van der Waals surface area (Å²) in [5.74, 6) is 0. The van der Waals surface area contributed by atoms with Gasteiger partial charge in [-0.05, 0) is 0 Å². The van der Waals surface area contributed by atoms with Crippen molar-refractivity contribution in [1.29, 1.82) is 0 Å². The zero-order valence-corrected chi connectivity index (χ0v) is 25.9. The Hall–Kier alpha value is -1.30. The summed E-state index contributed by atoms with van der Waals surface area (Å²) < 4.78 is 7.07. The van der Waals surface area contributed by atoms with E-state index in [9.17, 15) is 0 Å². The average molecular weight is 580 g/mol. The first kappa shape index (κ1) is 23.4. The molecule has 0 aliphatic carbocycles. The van der Waals surface area contributed by atoms with E-state index >= 15 is 0 Å². The molecule has 4 heteroatoms. The van der Waals surface area contributed by atoms with Crippen LogP contribution in [0.5, 0.6) is 0 Å². The monoisotopic (exact) mass is 581 g/mol. The number of benzene rings is 2. The molecule has 5 rings (SSSR count). The van der Waals surface area contributed by atoms with Gasteiger partial charge in [-0.15, -0.1) is 0 Å². The van der Waals surface area contributed by atoms with Crippen molar-refractivity contribution in [2.75, 3.05) is 0 Å². The van der Waals surface area contributed by atoms with Gasteiger partial charge in [0.1, 0.15) is 0 Å². The molecule has 0 fully saturated rings. The summed E-state index contributed by atoms with van der Waals surface area (Å²) in [7, 11) is 0. The van der Waals surface area contributed by atoms with Crippen molar-refractivity contribution in [3.8, 4) is 5.00 Å². The first-order valence-corrected chi connectivity index (χ1v) is 23.5. The summed E-state index contributed by atoms with van der Waals surface area (Å²) in [6, 6.07) is 19.1. The molecule has 0 N–H and O–H groups in total. The summed E-state index contributed by atoms with van der Waals surface area (Å²) in [4.78, 5) is 7.53. The van der Waals surface area contributed by atoms with Crippen LogP contribution in [0, 0.1) is 0 Å². The normalized spacial score (nSPS) is 13.6. The first-order chi connectivity index (χ1) is 15.2. The summed E-state index contributed by atoms with van der Waals surface area (Å²) in [6.07, 6.45) is 0. The van der Waals surface area contributed by atoms with Gasteiger partial charge >= 0.3 is 212 Å². The summed E-state index contributed by atoms with van der Waals surface area (Å²) in [5, 5.41) is 4.07. The molecule has 0 bridgehead atoms. The Morgan fingerprint density at radius 2 is 1.12 bits per heavy atom. The van der Waals surface area contributed by atoms with Crippen molar-refractivity contribution >= 4 is 75.1 Å². The Balaban J connectivity index is 1.80. The summed E-state index contributed by atoms with van der Waals surface area (Å²) in [6.45, 7) is 13.8. The van der Waals surface area contributed by atoms with Gasteiger partial charge in [0.25, 0.3) is 0 Å². The Morgan fingerprint density at radius 1 is 0.636 bits per heavy atom. The summed E-state index contributed by atoms with van der Waals surface area (Å²) in [5.41, 5.74) is 5.67. The molecule has 172 valence electrons. The Kier molecular flexibility index (Phi) is 5.40. The SMILES string of the molecule is CC(C)(C)c1ccc2c(c1)c1cc(C(C)(C)C)ccc1n2-c1cc2s[c]([Sn]([CH3])([CH3])[CH3])cc2s1. The second kappa shape index (κ2) is 7.60. The van der Waals surface area contributed by atoms with Crippen LogP contribution in [0.3, 0.4) is 0 Å². The Labute approximate surface area is 210 Å². The van der Waals surface area contributed by atoms with Gasteiger partial charge in [0, 0.05) is 0 Å². The van der Waals surface area contributed by atoms with Gasteiger partial charge in [0.15, 0.2) is 0 Å². The molecule has 1 nitrogen and oxygen atoms in total. The second-order valence-electron chi connectivity index (χ2n) is 12.5. The van der Waals surface area contributed by atoms with Crippen molar-refractivity contribution < 1.29 is 0 Å². The van der Waals surface area contributed by atoms with Gasteiger partial charge in [-0.25, -0.2) is 0 Å². The molecule has 33 heavy (non-hydrogen) atoms. The molecule has 0 amide bonds. The number of fused-ring (bicyclic) bond motifs is 4. The van der Waals surface area contributed by atoms with E-state index in [1.165, 1.54) is 47.3 Å². The fourth-order valence-corrected chi connectivity index (χ4v) is 12.5. The molecule has 0 saturated heterocycles. The van der Waals surface area contributed by atoms with Crippen LogP contribution >= 0.6 is 22.7 Å². The van der Waals surface area contributed by atoms with Crippen molar-refractivity contribution in [1.82, 2.24) is 4.57 Å². The average Bonchev–Trinajstić information content (AvgIpc) is 3.34. The molecule has 0 unspecified atom stereocenters. The van der Waals surface area contributed by atoms with Crippen molar-refractivity contribution in [2.45, 2.75) is 67.2 Å². The van der Waals surface area contributed by atoms with Gasteiger partial charge in [-0.3, -0.25) is 0 Å². The molecule has 0 saturated carbocycles. The van der Waals surface area contributed by atoms with Gasteiger partial charge in [-0.1, -0.05) is 0 Å². The van der Waals surface area contributed by atoms with Crippen LogP contribution in [0.15, 0.2) is 48.5 Å². The van der Waals surface area contributed by atoms with Crippen LogP contribution < -0.4 is 2.89 Å². The fraction of sp³-hybridized carbons (Fsp3) is 0.379. The maximum absolute atomic E-state index is 2.51. The van der Waals surface area contributed by atoms with Crippen LogP contribution in [0.2, 0.25) is 14.8 Å². The van der Waals surface area contributed by atoms with Gasteiger partial charge in [0.2, 0.25) is 0 Å². The zero-order valence-electron chi connectivity index (χ0n) is 21.4. The maximum atomic E-state index is 2.51. The van der Waals surface area contributed by atoms with Crippen molar-refractivity contribution in [3.63, 3.8) is 0 Å². The van der Waals surface area contributed by atoms with Crippen LogP contribution in [0.1, 0.15) is 52.7 Å². The van der Waals surface area contributed by atoms with E-state index in [0.29, 0.717) is 0 Å². The predicted octanol–water partition coefficient (Wildman–Crippen LogP) is 9.20. The van der Waals surface area contributed by atoms with E-state index in [1.54, 1.807) is 2.89 Å². The number of nitrogens with zero attached hydrogens (tertiary/aromatic N) is 1. The third-order valence-electron chi connectivity index (χ3n) is 6.65. The van der Waals surface area contributed by atoms with E-state index in [0.717, 1.165) is 0 Å². The van der Waals surface area contributed by atoms with E-state index in [-0.39, 0.29) is 10.8 Å². The van der Waals surface area contributed by atoms with Gasteiger partial charge in [0.05, 0.1) is 0 Å². The van der Waals surface area contributed by atoms with Crippen molar-refractivity contribution in [2.24, 2.45) is 0 Å². The fourth-order valence-electron chi connectivity index (χ4n) is 4.50. The van der Waals surface area contributed by atoms with E-state index in [2.05, 4.69) is 109 Å². The quantitative estimate of drug-likeness (QED) is 0.184. The molecule has 0 atom stereocenters. The van der Waals surface area contributed by atoms with Gasteiger partial charge < -0.3 is 0 Å². The minimum atomic E-state index is -2.04. The van der Waals surface area contributed by atoms with Gasteiger partial charge in [-0.2, -0.15) is 0 Å². The predicted molar refractivity (Wildman–Crippen MR) is 154 cm³/mol. The molecule has 2 aromatic carbocycles. The minimum absolute atomic E-state index is 0.130. The number of aromatic nitrogens is 1. The first-order valence-electron chi connectivity index (χ1n) is 11.9. The molecular weight excluding hydrogens is 545 g/mol. The Bertz CT molecular complexity index is 1400. The molecule has 3 heterocycles. The zero-order chi connectivity index (χ0) is 23.9. The van der Waals surface area contributed by atoms with E-state index in [4.69, 9.17) is 0 Å². The molecule has 0 aliphatic heterocycles. The summed E-state index contributed by atoms with van der Waals surface area (Å²) >= 11 is 1.94.